The Kier molecular flexibility index (Phi) is 15.9. The number of amides is 2. The lowest BCUT2D eigenvalue weighted by molar-refractivity contribution is -0.127. The number of rotatable bonds is 19. The van der Waals surface area contributed by atoms with Gasteiger partial charge in [-0.3, -0.25) is 19.2 Å². The van der Waals surface area contributed by atoms with E-state index in [1.54, 1.807) is 66.7 Å². The van der Waals surface area contributed by atoms with Crippen molar-refractivity contribution in [2.75, 3.05) is 37.1 Å². The lowest BCUT2D eigenvalue weighted by atomic mass is 10.0. The zero-order valence-electron chi connectivity index (χ0n) is 31.7. The first kappa shape index (κ1) is 42.9. The molecular weight excluding hydrogens is 763 g/mol. The van der Waals surface area contributed by atoms with Crippen molar-refractivity contribution in [2.24, 2.45) is 20.5 Å². The maximum absolute atomic E-state index is 13.1. The molecule has 2 N–H and O–H groups in total. The average molecular weight is 806 g/mol. The zero-order valence-corrected chi connectivity index (χ0v) is 33.2. The van der Waals surface area contributed by atoms with Crippen LogP contribution < -0.4 is 29.6 Å². The molecule has 4 aromatic rings. The summed E-state index contributed by atoms with van der Waals surface area (Å²) in [6.07, 6.45) is 0. The number of carbonyl (C=O) groups is 4. The topological polar surface area (TPSA) is 179 Å². The summed E-state index contributed by atoms with van der Waals surface area (Å²) in [6, 6.07) is 16.6. The highest BCUT2D eigenvalue weighted by atomic mass is 35.5. The molecule has 56 heavy (non-hydrogen) atoms. The fraction of sp³-hybridized carbons (Fsp3) is 0.300. The van der Waals surface area contributed by atoms with Crippen LogP contribution >= 0.6 is 23.2 Å². The summed E-state index contributed by atoms with van der Waals surface area (Å²) in [5.74, 6) is -0.494. The minimum absolute atomic E-state index is 0.176. The van der Waals surface area contributed by atoms with Gasteiger partial charge in [0.05, 0.1) is 42.2 Å². The fourth-order valence-corrected chi connectivity index (χ4v) is 5.65. The molecule has 2 unspecified atom stereocenters. The van der Waals surface area contributed by atoms with E-state index < -0.39 is 35.5 Å². The van der Waals surface area contributed by atoms with Crippen LogP contribution in [0.1, 0.15) is 41.5 Å². The number of halogens is 2. The molecule has 0 aromatic heterocycles. The smallest absolute Gasteiger partial charge is 0.258 e. The van der Waals surface area contributed by atoms with Crippen LogP contribution in [0.25, 0.3) is 11.1 Å². The van der Waals surface area contributed by atoms with Crippen molar-refractivity contribution in [3.05, 3.63) is 82.8 Å². The van der Waals surface area contributed by atoms with Crippen molar-refractivity contribution >= 4 is 69.3 Å². The molecule has 0 bridgehead atoms. The third kappa shape index (κ3) is 12.1. The van der Waals surface area contributed by atoms with E-state index in [0.717, 1.165) is 0 Å². The van der Waals surface area contributed by atoms with Gasteiger partial charge in [-0.05, 0) is 71.4 Å². The average Bonchev–Trinajstić information content (AvgIpc) is 3.12. The third-order valence-corrected chi connectivity index (χ3v) is 8.20. The van der Waals surface area contributed by atoms with Gasteiger partial charge in [0, 0.05) is 53.3 Å². The van der Waals surface area contributed by atoms with Crippen LogP contribution in [0.3, 0.4) is 0 Å². The summed E-state index contributed by atoms with van der Waals surface area (Å²) in [5.41, 5.74) is 2.42. The second-order valence-electron chi connectivity index (χ2n) is 11.9. The Hall–Kier alpha value is -5.86. The number of anilines is 2. The molecule has 2 atom stereocenters. The van der Waals surface area contributed by atoms with Crippen molar-refractivity contribution in [2.45, 2.75) is 53.6 Å². The Morgan fingerprint density at radius 2 is 1.02 bits per heavy atom. The summed E-state index contributed by atoms with van der Waals surface area (Å²) in [6.45, 7) is 11.4. The first-order valence-electron chi connectivity index (χ1n) is 17.7. The summed E-state index contributed by atoms with van der Waals surface area (Å²) < 4.78 is 22.2. The van der Waals surface area contributed by atoms with Gasteiger partial charge in [-0.1, -0.05) is 35.3 Å². The lowest BCUT2D eigenvalue weighted by Gasteiger charge is -2.13. The van der Waals surface area contributed by atoms with E-state index in [1.807, 2.05) is 27.7 Å². The van der Waals surface area contributed by atoms with E-state index in [9.17, 15) is 19.2 Å². The first-order chi connectivity index (χ1) is 26.8. The van der Waals surface area contributed by atoms with Gasteiger partial charge in [0.15, 0.2) is 11.6 Å². The molecule has 0 aliphatic rings. The number of benzene rings is 4. The van der Waals surface area contributed by atoms with E-state index >= 15 is 0 Å². The standard InChI is InChI=1S/C40H42Cl2N6O8/c1-7-53-29-16-27(17-30(21-29)54-8-2)43-39(51)37(23(5)49)47-45-26-12-13-33(34(41)20-26)25-11-14-36(35(42)15-25)46-48-38(24(6)50)40(52)44-28-18-31(55-9-3)22-32(19-28)56-10-4/h11-22,37-38H,7-10H2,1-6H3,(H,43,51)(H,44,52). The molecule has 0 fully saturated rings. The first-order valence-corrected chi connectivity index (χ1v) is 18.5. The molecule has 14 nitrogen and oxygen atoms in total. The second-order valence-corrected chi connectivity index (χ2v) is 12.7. The van der Waals surface area contributed by atoms with E-state index in [-0.39, 0.29) is 15.7 Å². The molecule has 0 heterocycles. The van der Waals surface area contributed by atoms with Crippen molar-refractivity contribution < 1.29 is 38.1 Å². The van der Waals surface area contributed by atoms with Crippen molar-refractivity contribution in [3.8, 4) is 34.1 Å². The van der Waals surface area contributed by atoms with Gasteiger partial charge in [0.2, 0.25) is 12.1 Å². The Bertz CT molecular complexity index is 2080. The SMILES string of the molecule is CCOc1cc(NC(=O)C(N=Nc2ccc(-c3ccc(N=NC(C(C)=O)C(=O)Nc4cc(OCC)cc(OCC)c4)c(Cl)c3)c(Cl)c2)C(C)=O)cc(OCC)c1. The lowest BCUT2D eigenvalue weighted by Crippen LogP contribution is -2.31. The van der Waals surface area contributed by atoms with Crippen LogP contribution in [0.4, 0.5) is 22.7 Å². The van der Waals surface area contributed by atoms with Gasteiger partial charge in [-0.15, -0.1) is 0 Å². The minimum Gasteiger partial charge on any atom is -0.494 e. The summed E-state index contributed by atoms with van der Waals surface area (Å²) in [5, 5.41) is 22.1. The summed E-state index contributed by atoms with van der Waals surface area (Å²) >= 11 is 13.2. The fourth-order valence-electron chi connectivity index (χ4n) is 5.15. The molecule has 4 aromatic carbocycles. The maximum Gasteiger partial charge on any atom is 0.258 e. The number of hydrogen-bond acceptors (Lipinski definition) is 12. The molecule has 0 radical (unpaired) electrons. The summed E-state index contributed by atoms with van der Waals surface area (Å²) in [4.78, 5) is 51.1. The molecule has 0 spiro atoms. The Morgan fingerprint density at radius 3 is 1.41 bits per heavy atom. The molecule has 2 amide bonds. The number of Topliss-reactive ketones (excluding diaryl/α,β-unsaturated/α-hetero) is 2. The van der Waals surface area contributed by atoms with Crippen LogP contribution in [0.5, 0.6) is 23.0 Å². The third-order valence-electron chi connectivity index (χ3n) is 7.59. The molecule has 4 rings (SSSR count). The van der Waals surface area contributed by atoms with Crippen LogP contribution in [-0.2, 0) is 19.2 Å². The highest BCUT2D eigenvalue weighted by Gasteiger charge is 2.25. The Morgan fingerprint density at radius 1 is 0.571 bits per heavy atom. The predicted octanol–water partition coefficient (Wildman–Crippen LogP) is 9.62. The van der Waals surface area contributed by atoms with Gasteiger partial charge in [-0.25, -0.2) is 0 Å². The number of carbonyl (C=O) groups excluding carboxylic acids is 4. The number of azo groups is 2. The van der Waals surface area contributed by atoms with E-state index in [1.165, 1.54) is 19.9 Å². The molecule has 0 aliphatic heterocycles. The Labute approximate surface area is 334 Å². The van der Waals surface area contributed by atoms with Gasteiger partial charge in [0.1, 0.15) is 28.7 Å². The molecular formula is C40H42Cl2N6O8. The number of ketones is 2. The van der Waals surface area contributed by atoms with Crippen LogP contribution in [0.2, 0.25) is 10.0 Å². The van der Waals surface area contributed by atoms with Crippen LogP contribution in [-0.4, -0.2) is 61.9 Å². The molecule has 0 aliphatic carbocycles. The monoisotopic (exact) mass is 804 g/mol. The van der Waals surface area contributed by atoms with E-state index in [4.69, 9.17) is 42.1 Å². The maximum atomic E-state index is 13.1. The largest absolute Gasteiger partial charge is 0.494 e. The second kappa shape index (κ2) is 20.7. The van der Waals surface area contributed by atoms with Gasteiger partial charge in [0.25, 0.3) is 11.8 Å². The highest BCUT2D eigenvalue weighted by Crippen LogP contribution is 2.36. The quantitative estimate of drug-likeness (QED) is 0.0695. The van der Waals surface area contributed by atoms with E-state index in [2.05, 4.69) is 31.1 Å². The number of ether oxygens (including phenoxy) is 4. The normalized spacial score (nSPS) is 12.2. The number of nitrogens with zero attached hydrogens (tertiary/aromatic N) is 4. The number of nitrogens with one attached hydrogen (secondary N) is 2. The van der Waals surface area contributed by atoms with Crippen molar-refractivity contribution in [3.63, 3.8) is 0 Å². The Balaban J connectivity index is 1.47. The van der Waals surface area contributed by atoms with Crippen LogP contribution in [0.15, 0.2) is 93.3 Å². The van der Waals surface area contributed by atoms with Crippen molar-refractivity contribution in [1.82, 2.24) is 0 Å². The van der Waals surface area contributed by atoms with Gasteiger partial charge in [-0.2, -0.15) is 20.5 Å². The summed E-state index contributed by atoms with van der Waals surface area (Å²) in [7, 11) is 0. The van der Waals surface area contributed by atoms with E-state index in [0.29, 0.717) is 77.6 Å². The highest BCUT2D eigenvalue weighted by molar-refractivity contribution is 6.34. The van der Waals surface area contributed by atoms with Crippen LogP contribution in [0, 0.1) is 0 Å². The molecule has 16 heteroatoms. The molecule has 0 saturated carbocycles. The molecule has 0 saturated heterocycles. The predicted molar refractivity (Wildman–Crippen MR) is 215 cm³/mol. The zero-order chi connectivity index (χ0) is 40.8. The minimum atomic E-state index is -1.46. The number of hydrogen-bond donors (Lipinski definition) is 2. The van der Waals surface area contributed by atoms with Crippen molar-refractivity contribution in [1.29, 1.82) is 0 Å². The molecule has 294 valence electrons. The van der Waals surface area contributed by atoms with Gasteiger partial charge >= 0.3 is 0 Å². The van der Waals surface area contributed by atoms with Gasteiger partial charge < -0.3 is 29.6 Å².